The number of carbonyl (C=O) groups is 1. The molecule has 0 radical (unpaired) electrons. The van der Waals surface area contributed by atoms with E-state index in [1.807, 2.05) is 49.3 Å². The van der Waals surface area contributed by atoms with Crippen LogP contribution in [0.2, 0.25) is 0 Å². The zero-order valence-corrected chi connectivity index (χ0v) is 16.5. The number of amides is 1. The number of hydrogen-bond donors (Lipinski definition) is 2. The molecule has 0 aliphatic carbocycles. The van der Waals surface area contributed by atoms with Gasteiger partial charge in [-0.25, -0.2) is 14.4 Å². The molecule has 150 valence electrons. The first-order chi connectivity index (χ1) is 14.0. The zero-order chi connectivity index (χ0) is 20.6. The Labute approximate surface area is 169 Å². The Morgan fingerprint density at radius 2 is 1.76 bits per heavy atom. The number of rotatable bonds is 8. The standard InChI is InChI=1S/C22H24FN5O/c1-28(2)13-12-24-22(29)19-14-20(25-15-16-8-10-18(23)11-9-16)27-21(26-19)17-6-4-3-5-7-17/h3-11,14H,12-13,15H2,1-2H3,(H,24,29)(H,25,26,27). The summed E-state index contributed by atoms with van der Waals surface area (Å²) in [4.78, 5) is 23.6. The van der Waals surface area contributed by atoms with Crippen LogP contribution in [0.5, 0.6) is 0 Å². The van der Waals surface area contributed by atoms with Crippen molar-refractivity contribution < 1.29 is 9.18 Å². The maximum Gasteiger partial charge on any atom is 0.270 e. The molecule has 29 heavy (non-hydrogen) atoms. The molecule has 1 heterocycles. The zero-order valence-electron chi connectivity index (χ0n) is 16.5. The molecule has 2 N–H and O–H groups in total. The molecule has 3 aromatic rings. The minimum atomic E-state index is -0.279. The summed E-state index contributed by atoms with van der Waals surface area (Å²) in [5, 5.41) is 6.07. The van der Waals surface area contributed by atoms with E-state index in [1.54, 1.807) is 18.2 Å². The monoisotopic (exact) mass is 393 g/mol. The van der Waals surface area contributed by atoms with Crippen LogP contribution >= 0.6 is 0 Å². The summed E-state index contributed by atoms with van der Waals surface area (Å²) in [7, 11) is 3.89. The highest BCUT2D eigenvalue weighted by Gasteiger charge is 2.13. The quantitative estimate of drug-likeness (QED) is 0.615. The summed E-state index contributed by atoms with van der Waals surface area (Å²) in [5.74, 6) is 0.462. The van der Waals surface area contributed by atoms with Gasteiger partial charge in [0, 0.05) is 31.3 Å². The lowest BCUT2D eigenvalue weighted by Gasteiger charge is -2.12. The Morgan fingerprint density at radius 3 is 2.45 bits per heavy atom. The second-order valence-electron chi connectivity index (χ2n) is 6.87. The average Bonchev–Trinajstić information content (AvgIpc) is 2.73. The van der Waals surface area contributed by atoms with Gasteiger partial charge in [0.25, 0.3) is 5.91 Å². The van der Waals surface area contributed by atoms with Crippen molar-refractivity contribution in [1.29, 1.82) is 0 Å². The van der Waals surface area contributed by atoms with Gasteiger partial charge in [-0.2, -0.15) is 0 Å². The van der Waals surface area contributed by atoms with E-state index in [2.05, 4.69) is 20.6 Å². The molecule has 6 nitrogen and oxygen atoms in total. The van der Waals surface area contributed by atoms with Crippen LogP contribution in [-0.2, 0) is 6.54 Å². The first-order valence-corrected chi connectivity index (χ1v) is 9.37. The highest BCUT2D eigenvalue weighted by Crippen LogP contribution is 2.18. The van der Waals surface area contributed by atoms with Crippen LogP contribution in [0.25, 0.3) is 11.4 Å². The van der Waals surface area contributed by atoms with E-state index in [4.69, 9.17) is 0 Å². The van der Waals surface area contributed by atoms with E-state index >= 15 is 0 Å². The Balaban J connectivity index is 1.82. The molecule has 0 spiro atoms. The third-order valence-electron chi connectivity index (χ3n) is 4.22. The van der Waals surface area contributed by atoms with Gasteiger partial charge in [0.15, 0.2) is 5.82 Å². The Kier molecular flexibility index (Phi) is 6.86. The summed E-state index contributed by atoms with van der Waals surface area (Å²) < 4.78 is 13.1. The predicted octanol–water partition coefficient (Wildman–Crippen LogP) is 3.19. The van der Waals surface area contributed by atoms with Crippen molar-refractivity contribution in [3.05, 3.63) is 77.7 Å². The highest BCUT2D eigenvalue weighted by atomic mass is 19.1. The summed E-state index contributed by atoms with van der Waals surface area (Å²) in [5.41, 5.74) is 2.02. The van der Waals surface area contributed by atoms with Gasteiger partial charge in [0.1, 0.15) is 17.3 Å². The predicted molar refractivity (Wildman–Crippen MR) is 112 cm³/mol. The molecule has 3 rings (SSSR count). The molecule has 1 amide bonds. The van der Waals surface area contributed by atoms with Gasteiger partial charge in [0.05, 0.1) is 0 Å². The summed E-state index contributed by atoms with van der Waals surface area (Å²) >= 11 is 0. The van der Waals surface area contributed by atoms with Crippen LogP contribution in [0.15, 0.2) is 60.7 Å². The number of nitrogens with one attached hydrogen (secondary N) is 2. The largest absolute Gasteiger partial charge is 0.366 e. The van der Waals surface area contributed by atoms with E-state index in [0.717, 1.165) is 17.7 Å². The fourth-order valence-corrected chi connectivity index (χ4v) is 2.65. The minimum Gasteiger partial charge on any atom is -0.366 e. The lowest BCUT2D eigenvalue weighted by molar-refractivity contribution is 0.0946. The number of likely N-dealkylation sites (N-methyl/N-ethyl adjacent to an activating group) is 1. The number of hydrogen-bond acceptors (Lipinski definition) is 5. The molecule has 0 bridgehead atoms. The van der Waals surface area contributed by atoms with Crippen molar-refractivity contribution in [2.45, 2.75) is 6.54 Å². The number of benzene rings is 2. The molecule has 1 aromatic heterocycles. The van der Waals surface area contributed by atoms with Gasteiger partial charge < -0.3 is 15.5 Å². The maximum absolute atomic E-state index is 13.1. The minimum absolute atomic E-state index is 0.253. The topological polar surface area (TPSA) is 70.2 Å². The van der Waals surface area contributed by atoms with Crippen LogP contribution in [0.4, 0.5) is 10.2 Å². The van der Waals surface area contributed by atoms with E-state index in [1.165, 1.54) is 12.1 Å². The molecule has 0 atom stereocenters. The smallest absolute Gasteiger partial charge is 0.270 e. The van der Waals surface area contributed by atoms with Crippen LogP contribution in [0.3, 0.4) is 0 Å². The molecule has 7 heteroatoms. The Morgan fingerprint density at radius 1 is 1.03 bits per heavy atom. The summed E-state index contributed by atoms with van der Waals surface area (Å²) in [6.45, 7) is 1.71. The van der Waals surface area contributed by atoms with Crippen molar-refractivity contribution in [2.75, 3.05) is 32.5 Å². The van der Waals surface area contributed by atoms with Gasteiger partial charge >= 0.3 is 0 Å². The molecular weight excluding hydrogens is 369 g/mol. The van der Waals surface area contributed by atoms with Crippen molar-refractivity contribution >= 4 is 11.7 Å². The van der Waals surface area contributed by atoms with Gasteiger partial charge in [-0.3, -0.25) is 4.79 Å². The van der Waals surface area contributed by atoms with E-state index in [0.29, 0.717) is 30.4 Å². The van der Waals surface area contributed by atoms with Gasteiger partial charge in [-0.1, -0.05) is 42.5 Å². The van der Waals surface area contributed by atoms with Crippen molar-refractivity contribution in [1.82, 2.24) is 20.2 Å². The summed E-state index contributed by atoms with van der Waals surface area (Å²) in [6.07, 6.45) is 0. The second kappa shape index (κ2) is 9.75. The average molecular weight is 393 g/mol. The van der Waals surface area contributed by atoms with Gasteiger partial charge in [-0.05, 0) is 31.8 Å². The number of nitrogens with zero attached hydrogens (tertiary/aromatic N) is 3. The van der Waals surface area contributed by atoms with Gasteiger partial charge in [-0.15, -0.1) is 0 Å². The lowest BCUT2D eigenvalue weighted by atomic mass is 10.2. The van der Waals surface area contributed by atoms with Crippen LogP contribution < -0.4 is 10.6 Å². The second-order valence-corrected chi connectivity index (χ2v) is 6.87. The van der Waals surface area contributed by atoms with Crippen LogP contribution in [0.1, 0.15) is 16.1 Å². The molecule has 0 saturated carbocycles. The normalized spacial score (nSPS) is 10.8. The van der Waals surface area contributed by atoms with Crippen molar-refractivity contribution in [3.8, 4) is 11.4 Å². The number of aromatic nitrogens is 2. The van der Waals surface area contributed by atoms with Crippen LogP contribution in [-0.4, -0.2) is 48.0 Å². The van der Waals surface area contributed by atoms with Crippen LogP contribution in [0, 0.1) is 5.82 Å². The van der Waals surface area contributed by atoms with E-state index < -0.39 is 0 Å². The molecule has 2 aromatic carbocycles. The SMILES string of the molecule is CN(C)CCNC(=O)c1cc(NCc2ccc(F)cc2)nc(-c2ccccc2)n1. The molecule has 0 aliphatic heterocycles. The third-order valence-corrected chi connectivity index (χ3v) is 4.22. The molecular formula is C22H24FN5O. The molecule has 0 unspecified atom stereocenters. The fraction of sp³-hybridized carbons (Fsp3) is 0.227. The van der Waals surface area contributed by atoms with E-state index in [9.17, 15) is 9.18 Å². The van der Waals surface area contributed by atoms with Crippen molar-refractivity contribution in [3.63, 3.8) is 0 Å². The van der Waals surface area contributed by atoms with Gasteiger partial charge in [0.2, 0.25) is 0 Å². The highest BCUT2D eigenvalue weighted by molar-refractivity contribution is 5.93. The molecule has 0 saturated heterocycles. The Hall–Kier alpha value is -3.32. The Bertz CT molecular complexity index is 945. The lowest BCUT2D eigenvalue weighted by Crippen LogP contribution is -2.32. The van der Waals surface area contributed by atoms with E-state index in [-0.39, 0.29) is 11.7 Å². The maximum atomic E-state index is 13.1. The number of anilines is 1. The molecule has 0 aliphatic rings. The third kappa shape index (κ3) is 6.08. The fourth-order valence-electron chi connectivity index (χ4n) is 2.65. The van der Waals surface area contributed by atoms with Crippen molar-refractivity contribution in [2.24, 2.45) is 0 Å². The number of halogens is 1. The summed E-state index contributed by atoms with van der Waals surface area (Å²) in [6, 6.07) is 17.4. The number of carbonyl (C=O) groups excluding carboxylic acids is 1. The first-order valence-electron chi connectivity index (χ1n) is 9.37. The first kappa shape index (κ1) is 20.4. The molecule has 0 fully saturated rings.